The van der Waals surface area contributed by atoms with Gasteiger partial charge in [-0.05, 0) is 37.2 Å². The molecule has 1 fully saturated rings. The highest BCUT2D eigenvalue weighted by Crippen LogP contribution is 2.18. The quantitative estimate of drug-likeness (QED) is 0.781. The first-order chi connectivity index (χ1) is 9.33. The zero-order valence-electron chi connectivity index (χ0n) is 10.5. The van der Waals surface area contributed by atoms with Crippen LogP contribution < -0.4 is 10.6 Å². The molecule has 2 aromatic rings. The molecular weight excluding hydrogens is 240 g/mol. The molecule has 1 aliphatic heterocycles. The van der Waals surface area contributed by atoms with E-state index in [0.29, 0.717) is 0 Å². The van der Waals surface area contributed by atoms with Crippen LogP contribution in [0.3, 0.4) is 0 Å². The van der Waals surface area contributed by atoms with Gasteiger partial charge in [0.2, 0.25) is 5.91 Å². The lowest BCUT2D eigenvalue weighted by Gasteiger charge is -2.10. The van der Waals surface area contributed by atoms with Crippen LogP contribution in [0.2, 0.25) is 0 Å². The summed E-state index contributed by atoms with van der Waals surface area (Å²) in [4.78, 5) is 19.2. The molecule has 3 N–H and O–H groups in total. The Morgan fingerprint density at radius 3 is 2.79 bits per heavy atom. The highest BCUT2D eigenvalue weighted by molar-refractivity contribution is 5.93. The number of carbonyl (C=O) groups is 1. The van der Waals surface area contributed by atoms with Crippen molar-refractivity contribution >= 4 is 11.6 Å². The number of amides is 1. The van der Waals surface area contributed by atoms with Crippen LogP contribution in [0, 0.1) is 5.92 Å². The minimum atomic E-state index is 0.0877. The summed E-state index contributed by atoms with van der Waals surface area (Å²) in [5, 5.41) is 6.14. The van der Waals surface area contributed by atoms with Crippen LogP contribution in [0.4, 0.5) is 5.69 Å². The summed E-state index contributed by atoms with van der Waals surface area (Å²) in [6, 6.07) is 7.69. The van der Waals surface area contributed by atoms with Crippen LogP contribution in [-0.4, -0.2) is 29.0 Å². The number of hydrogen-bond donors (Lipinski definition) is 3. The van der Waals surface area contributed by atoms with Gasteiger partial charge in [0, 0.05) is 30.2 Å². The van der Waals surface area contributed by atoms with Crippen molar-refractivity contribution in [3.63, 3.8) is 0 Å². The molecule has 5 nitrogen and oxygen atoms in total. The second kappa shape index (κ2) is 5.24. The van der Waals surface area contributed by atoms with Crippen molar-refractivity contribution in [2.24, 2.45) is 5.92 Å². The third-order valence-electron chi connectivity index (χ3n) is 3.36. The molecule has 19 heavy (non-hydrogen) atoms. The van der Waals surface area contributed by atoms with Gasteiger partial charge in [0.15, 0.2) is 0 Å². The molecule has 0 bridgehead atoms. The van der Waals surface area contributed by atoms with Crippen molar-refractivity contribution < 1.29 is 4.79 Å². The standard InChI is InChI=1S/C14H16N4O/c19-14(11-5-6-15-9-11)18-12-3-1-10(2-4-12)13-16-7-8-17-13/h1-4,7-8,11,15H,5-6,9H2,(H,16,17)(H,18,19). The monoisotopic (exact) mass is 256 g/mol. The molecule has 0 spiro atoms. The Morgan fingerprint density at radius 2 is 2.16 bits per heavy atom. The molecule has 98 valence electrons. The van der Waals surface area contributed by atoms with Gasteiger partial charge in [-0.25, -0.2) is 4.98 Å². The second-order valence-corrected chi connectivity index (χ2v) is 4.69. The van der Waals surface area contributed by atoms with Crippen LogP contribution in [0.15, 0.2) is 36.7 Å². The smallest absolute Gasteiger partial charge is 0.228 e. The molecule has 1 unspecified atom stereocenters. The number of aromatic amines is 1. The Bertz CT molecular complexity index is 541. The SMILES string of the molecule is O=C(Nc1ccc(-c2ncc[nH]2)cc1)C1CCNC1. The average Bonchev–Trinajstić information content (AvgIpc) is 3.13. The predicted octanol–water partition coefficient (Wildman–Crippen LogP) is 1.62. The van der Waals surface area contributed by atoms with Crippen molar-refractivity contribution in [1.82, 2.24) is 15.3 Å². The maximum atomic E-state index is 12.0. The van der Waals surface area contributed by atoms with Crippen molar-refractivity contribution in [2.45, 2.75) is 6.42 Å². The Balaban J connectivity index is 1.67. The number of imidazole rings is 1. The predicted molar refractivity (Wildman–Crippen MR) is 73.6 cm³/mol. The topological polar surface area (TPSA) is 69.8 Å². The Hall–Kier alpha value is -2.14. The van der Waals surface area contributed by atoms with Gasteiger partial charge in [0.25, 0.3) is 0 Å². The van der Waals surface area contributed by atoms with E-state index in [0.717, 1.165) is 36.6 Å². The van der Waals surface area contributed by atoms with Crippen molar-refractivity contribution in [3.8, 4) is 11.4 Å². The van der Waals surface area contributed by atoms with E-state index in [2.05, 4.69) is 20.6 Å². The third kappa shape index (κ3) is 2.66. The minimum Gasteiger partial charge on any atom is -0.345 e. The third-order valence-corrected chi connectivity index (χ3v) is 3.36. The first-order valence-electron chi connectivity index (χ1n) is 6.44. The fraction of sp³-hybridized carbons (Fsp3) is 0.286. The molecular formula is C14H16N4O. The highest BCUT2D eigenvalue weighted by atomic mass is 16.1. The molecule has 0 saturated carbocycles. The highest BCUT2D eigenvalue weighted by Gasteiger charge is 2.22. The maximum absolute atomic E-state index is 12.0. The van der Waals surface area contributed by atoms with Gasteiger partial charge in [-0.15, -0.1) is 0 Å². The van der Waals surface area contributed by atoms with Crippen molar-refractivity contribution in [2.75, 3.05) is 18.4 Å². The number of anilines is 1. The van der Waals surface area contributed by atoms with Crippen molar-refractivity contribution in [3.05, 3.63) is 36.7 Å². The molecule has 0 radical (unpaired) electrons. The molecule has 3 rings (SSSR count). The van der Waals surface area contributed by atoms with Crippen LogP contribution in [0.5, 0.6) is 0 Å². The number of nitrogens with one attached hydrogen (secondary N) is 3. The first kappa shape index (κ1) is 11.9. The van der Waals surface area contributed by atoms with Crippen molar-refractivity contribution in [1.29, 1.82) is 0 Å². The van der Waals surface area contributed by atoms with E-state index in [1.807, 2.05) is 24.3 Å². The Kier molecular flexibility index (Phi) is 3.29. The van der Waals surface area contributed by atoms with E-state index in [4.69, 9.17) is 0 Å². The van der Waals surface area contributed by atoms with E-state index < -0.39 is 0 Å². The molecule has 2 heterocycles. The normalized spacial score (nSPS) is 18.4. The molecule has 1 aromatic carbocycles. The van der Waals surface area contributed by atoms with Gasteiger partial charge in [0.05, 0.1) is 5.92 Å². The molecule has 0 aliphatic carbocycles. The van der Waals surface area contributed by atoms with E-state index in [1.165, 1.54) is 0 Å². The summed E-state index contributed by atoms with van der Waals surface area (Å²) in [5.41, 5.74) is 1.83. The molecule has 1 aromatic heterocycles. The largest absolute Gasteiger partial charge is 0.345 e. The molecule has 1 amide bonds. The average molecular weight is 256 g/mol. The summed E-state index contributed by atoms with van der Waals surface area (Å²) in [7, 11) is 0. The summed E-state index contributed by atoms with van der Waals surface area (Å²) < 4.78 is 0. The number of hydrogen-bond acceptors (Lipinski definition) is 3. The van der Waals surface area contributed by atoms with Gasteiger partial charge >= 0.3 is 0 Å². The lowest BCUT2D eigenvalue weighted by molar-refractivity contribution is -0.119. The number of rotatable bonds is 3. The Morgan fingerprint density at radius 1 is 1.32 bits per heavy atom. The van der Waals surface area contributed by atoms with E-state index in [1.54, 1.807) is 12.4 Å². The summed E-state index contributed by atoms with van der Waals surface area (Å²) >= 11 is 0. The molecule has 5 heteroatoms. The minimum absolute atomic E-state index is 0.0877. The number of nitrogens with zero attached hydrogens (tertiary/aromatic N) is 1. The molecule has 1 aliphatic rings. The lowest BCUT2D eigenvalue weighted by atomic mass is 10.1. The summed E-state index contributed by atoms with van der Waals surface area (Å²) in [6.07, 6.45) is 4.42. The van der Waals surface area contributed by atoms with Gasteiger partial charge in [-0.1, -0.05) is 0 Å². The number of H-pyrrole nitrogens is 1. The van der Waals surface area contributed by atoms with Gasteiger partial charge in [0.1, 0.15) is 5.82 Å². The van der Waals surface area contributed by atoms with Gasteiger partial charge in [-0.2, -0.15) is 0 Å². The van der Waals surface area contributed by atoms with Crippen LogP contribution in [-0.2, 0) is 4.79 Å². The van der Waals surface area contributed by atoms with Crippen LogP contribution >= 0.6 is 0 Å². The fourth-order valence-electron chi connectivity index (χ4n) is 2.26. The second-order valence-electron chi connectivity index (χ2n) is 4.69. The fourth-order valence-corrected chi connectivity index (χ4v) is 2.26. The lowest BCUT2D eigenvalue weighted by Crippen LogP contribution is -2.24. The van der Waals surface area contributed by atoms with Gasteiger partial charge in [-0.3, -0.25) is 4.79 Å². The first-order valence-corrected chi connectivity index (χ1v) is 6.44. The van der Waals surface area contributed by atoms with Crippen LogP contribution in [0.1, 0.15) is 6.42 Å². The van der Waals surface area contributed by atoms with Gasteiger partial charge < -0.3 is 15.6 Å². The zero-order valence-corrected chi connectivity index (χ0v) is 10.5. The number of benzene rings is 1. The van der Waals surface area contributed by atoms with E-state index in [9.17, 15) is 4.79 Å². The zero-order chi connectivity index (χ0) is 13.1. The number of aromatic nitrogens is 2. The number of carbonyl (C=O) groups excluding carboxylic acids is 1. The molecule has 1 atom stereocenters. The van der Waals surface area contributed by atoms with E-state index >= 15 is 0 Å². The maximum Gasteiger partial charge on any atom is 0.228 e. The Labute approximate surface area is 111 Å². The van der Waals surface area contributed by atoms with Crippen LogP contribution in [0.25, 0.3) is 11.4 Å². The summed E-state index contributed by atoms with van der Waals surface area (Å²) in [5.74, 6) is 1.01. The molecule has 1 saturated heterocycles. The summed E-state index contributed by atoms with van der Waals surface area (Å²) in [6.45, 7) is 1.70. The van der Waals surface area contributed by atoms with E-state index in [-0.39, 0.29) is 11.8 Å².